The van der Waals surface area contributed by atoms with Crippen LogP contribution in [0.25, 0.3) is 0 Å². The molecule has 7 heteroatoms. The summed E-state index contributed by atoms with van der Waals surface area (Å²) >= 11 is 0. The lowest BCUT2D eigenvalue weighted by atomic mass is 9.99. The van der Waals surface area contributed by atoms with Crippen molar-refractivity contribution in [3.8, 4) is 0 Å². The van der Waals surface area contributed by atoms with Crippen LogP contribution in [0.4, 0.5) is 5.69 Å². The van der Waals surface area contributed by atoms with Gasteiger partial charge in [-0.1, -0.05) is 0 Å². The highest BCUT2D eigenvalue weighted by Crippen LogP contribution is 2.19. The van der Waals surface area contributed by atoms with Gasteiger partial charge in [0.05, 0.1) is 10.8 Å². The second-order valence-corrected chi connectivity index (χ2v) is 6.92. The summed E-state index contributed by atoms with van der Waals surface area (Å²) in [5.74, 6) is -0.394. The zero-order valence-electron chi connectivity index (χ0n) is 11.3. The summed E-state index contributed by atoms with van der Waals surface area (Å²) in [4.78, 5) is 24.7. The normalized spacial score (nSPS) is 15.6. The van der Waals surface area contributed by atoms with E-state index in [-0.39, 0.29) is 22.6 Å². The largest absolute Gasteiger partial charge is 0.341 e. The number of nitrogens with one attached hydrogen (secondary N) is 1. The summed E-state index contributed by atoms with van der Waals surface area (Å²) in [6.45, 7) is 2.34. The van der Waals surface area contributed by atoms with Crippen molar-refractivity contribution in [2.75, 3.05) is 24.7 Å². The summed E-state index contributed by atoms with van der Waals surface area (Å²) in [6, 6.07) is 6.01. The Morgan fingerprint density at radius 2 is 1.75 bits per heavy atom. The van der Waals surface area contributed by atoms with Crippen LogP contribution in [0.3, 0.4) is 0 Å². The Kier molecular flexibility index (Phi) is 3.80. The van der Waals surface area contributed by atoms with Crippen molar-refractivity contribution in [1.82, 2.24) is 4.90 Å². The topological polar surface area (TPSA) is 83.6 Å². The number of hydrogen-bond donors (Lipinski definition) is 1. The molecule has 0 unspecified atom stereocenters. The Morgan fingerprint density at radius 3 is 2.20 bits per heavy atom. The number of sulfone groups is 1. The lowest BCUT2D eigenvalue weighted by Gasteiger charge is -2.37. The number of anilines is 1. The Hall–Kier alpha value is -1.89. The van der Waals surface area contributed by atoms with Crippen molar-refractivity contribution in [2.24, 2.45) is 5.92 Å². The molecule has 0 atom stereocenters. The van der Waals surface area contributed by atoms with Gasteiger partial charge in [-0.2, -0.15) is 0 Å². The maximum absolute atomic E-state index is 11.9. The number of likely N-dealkylation sites (tertiary alicyclic amines) is 1. The Bertz CT molecular complexity index is 631. The number of benzene rings is 1. The van der Waals surface area contributed by atoms with Crippen molar-refractivity contribution in [3.05, 3.63) is 24.3 Å². The first-order valence-corrected chi connectivity index (χ1v) is 8.03. The average molecular weight is 296 g/mol. The summed E-state index contributed by atoms with van der Waals surface area (Å²) in [5, 5.41) is 2.71. The van der Waals surface area contributed by atoms with E-state index >= 15 is 0 Å². The number of carbonyl (C=O) groups excluding carboxylic acids is 2. The molecule has 20 heavy (non-hydrogen) atoms. The van der Waals surface area contributed by atoms with Gasteiger partial charge in [0.1, 0.15) is 0 Å². The summed E-state index contributed by atoms with van der Waals surface area (Å²) in [7, 11) is -3.23. The van der Waals surface area contributed by atoms with Gasteiger partial charge in [0.25, 0.3) is 0 Å². The summed E-state index contributed by atoms with van der Waals surface area (Å²) < 4.78 is 22.6. The minimum absolute atomic E-state index is 0.0356. The van der Waals surface area contributed by atoms with E-state index in [9.17, 15) is 18.0 Å². The molecule has 0 saturated carbocycles. The summed E-state index contributed by atoms with van der Waals surface area (Å²) in [6.07, 6.45) is 1.13. The van der Waals surface area contributed by atoms with Crippen LogP contribution in [0.15, 0.2) is 29.2 Å². The first-order chi connectivity index (χ1) is 9.27. The van der Waals surface area contributed by atoms with Gasteiger partial charge in [-0.3, -0.25) is 9.59 Å². The van der Waals surface area contributed by atoms with Crippen molar-refractivity contribution in [1.29, 1.82) is 0 Å². The first kappa shape index (κ1) is 14.5. The average Bonchev–Trinajstić information content (AvgIpc) is 2.25. The van der Waals surface area contributed by atoms with Crippen molar-refractivity contribution in [2.45, 2.75) is 11.8 Å². The number of amides is 2. The highest BCUT2D eigenvalue weighted by molar-refractivity contribution is 7.90. The van der Waals surface area contributed by atoms with Gasteiger partial charge in [-0.25, -0.2) is 8.42 Å². The van der Waals surface area contributed by atoms with Crippen LogP contribution in [0.5, 0.6) is 0 Å². The van der Waals surface area contributed by atoms with E-state index in [4.69, 9.17) is 0 Å². The molecular formula is C13H16N2O4S. The van der Waals surface area contributed by atoms with E-state index < -0.39 is 9.84 Å². The Morgan fingerprint density at radius 1 is 1.20 bits per heavy atom. The molecule has 0 bridgehead atoms. The molecule has 6 nitrogen and oxygen atoms in total. The molecular weight excluding hydrogens is 280 g/mol. The van der Waals surface area contributed by atoms with E-state index in [0.717, 1.165) is 6.26 Å². The van der Waals surface area contributed by atoms with Gasteiger partial charge >= 0.3 is 0 Å². The van der Waals surface area contributed by atoms with Crippen LogP contribution >= 0.6 is 0 Å². The van der Waals surface area contributed by atoms with Crippen molar-refractivity contribution in [3.63, 3.8) is 0 Å². The molecule has 1 aliphatic rings. The molecule has 0 radical (unpaired) electrons. The van der Waals surface area contributed by atoms with E-state index in [2.05, 4.69) is 5.32 Å². The molecule has 0 aliphatic carbocycles. The van der Waals surface area contributed by atoms with Gasteiger partial charge in [-0.15, -0.1) is 0 Å². The second kappa shape index (κ2) is 5.24. The van der Waals surface area contributed by atoms with Crippen LogP contribution in [0, 0.1) is 5.92 Å². The summed E-state index contributed by atoms with van der Waals surface area (Å²) in [5.41, 5.74) is 0.545. The molecule has 1 heterocycles. The van der Waals surface area contributed by atoms with Gasteiger partial charge in [0.2, 0.25) is 11.8 Å². The molecule has 1 aromatic rings. The highest BCUT2D eigenvalue weighted by atomic mass is 32.2. The third-order valence-electron chi connectivity index (χ3n) is 3.25. The molecule has 1 aliphatic heterocycles. The molecule has 1 N–H and O–H groups in total. The predicted molar refractivity (Wildman–Crippen MR) is 73.9 cm³/mol. The van der Waals surface area contributed by atoms with Crippen LogP contribution < -0.4 is 5.32 Å². The lowest BCUT2D eigenvalue weighted by molar-refractivity contribution is -0.139. The molecule has 2 rings (SSSR count). The maximum atomic E-state index is 11.9. The fraction of sp³-hybridized carbons (Fsp3) is 0.385. The van der Waals surface area contributed by atoms with E-state index in [1.807, 2.05) is 0 Å². The highest BCUT2D eigenvalue weighted by Gasteiger charge is 2.34. The van der Waals surface area contributed by atoms with Crippen LogP contribution in [-0.4, -0.2) is 44.5 Å². The van der Waals surface area contributed by atoms with Gasteiger partial charge in [-0.05, 0) is 24.3 Å². The van der Waals surface area contributed by atoms with Crippen LogP contribution in [0.1, 0.15) is 6.92 Å². The molecule has 0 spiro atoms. The SMILES string of the molecule is CC(=O)N1CC(C(=O)Nc2ccc(S(C)(=O)=O)cc2)C1. The Labute approximate surface area is 117 Å². The fourth-order valence-electron chi connectivity index (χ4n) is 1.93. The third-order valence-corrected chi connectivity index (χ3v) is 4.38. The smallest absolute Gasteiger partial charge is 0.231 e. The lowest BCUT2D eigenvalue weighted by Crippen LogP contribution is -2.53. The number of rotatable bonds is 3. The minimum Gasteiger partial charge on any atom is -0.341 e. The molecule has 108 valence electrons. The monoisotopic (exact) mass is 296 g/mol. The van der Waals surface area contributed by atoms with Gasteiger partial charge in [0, 0.05) is 32.0 Å². The molecule has 1 fully saturated rings. The fourth-order valence-corrected chi connectivity index (χ4v) is 2.56. The van der Waals surface area contributed by atoms with Gasteiger partial charge < -0.3 is 10.2 Å². The number of hydrogen-bond acceptors (Lipinski definition) is 4. The van der Waals surface area contributed by atoms with Gasteiger partial charge in [0.15, 0.2) is 9.84 Å². The van der Waals surface area contributed by atoms with Crippen LogP contribution in [0.2, 0.25) is 0 Å². The van der Waals surface area contributed by atoms with E-state index in [1.54, 1.807) is 17.0 Å². The van der Waals surface area contributed by atoms with Crippen LogP contribution in [-0.2, 0) is 19.4 Å². The zero-order chi connectivity index (χ0) is 14.9. The maximum Gasteiger partial charge on any atom is 0.231 e. The standard InChI is InChI=1S/C13H16N2O4S/c1-9(16)15-7-10(8-15)13(17)14-11-3-5-12(6-4-11)20(2,18)19/h3-6,10H,7-8H2,1-2H3,(H,14,17). The van der Waals surface area contributed by atoms with E-state index in [0.29, 0.717) is 18.8 Å². The molecule has 1 saturated heterocycles. The van der Waals surface area contributed by atoms with Crippen molar-refractivity contribution < 1.29 is 18.0 Å². The number of nitrogens with zero attached hydrogens (tertiary/aromatic N) is 1. The molecule has 0 aromatic heterocycles. The minimum atomic E-state index is -3.23. The molecule has 2 amide bonds. The van der Waals surface area contributed by atoms with Crippen molar-refractivity contribution >= 4 is 27.3 Å². The molecule has 1 aromatic carbocycles. The third kappa shape index (κ3) is 3.16. The second-order valence-electron chi connectivity index (χ2n) is 4.91. The quantitative estimate of drug-likeness (QED) is 0.880. The first-order valence-electron chi connectivity index (χ1n) is 6.14. The zero-order valence-corrected chi connectivity index (χ0v) is 12.1. The predicted octanol–water partition coefficient (Wildman–Crippen LogP) is 0.507. The van der Waals surface area contributed by atoms with E-state index in [1.165, 1.54) is 19.1 Å². The number of carbonyl (C=O) groups is 2. The Balaban J connectivity index is 1.94.